The fourth-order valence-corrected chi connectivity index (χ4v) is 3.62. The third-order valence-electron chi connectivity index (χ3n) is 1.72. The minimum absolute atomic E-state index is 0.752. The van der Waals surface area contributed by atoms with Gasteiger partial charge in [-0.2, -0.15) is 5.26 Å². The summed E-state index contributed by atoms with van der Waals surface area (Å²) in [6.45, 7) is 0. The predicted molar refractivity (Wildman–Crippen MR) is 67.0 cm³/mol. The van der Waals surface area contributed by atoms with E-state index in [9.17, 15) is 0 Å². The normalized spacial score (nSPS) is 10.2. The summed E-state index contributed by atoms with van der Waals surface area (Å²) >= 11 is 7.32. The van der Waals surface area contributed by atoms with Crippen molar-refractivity contribution in [1.82, 2.24) is 0 Å². The van der Waals surface area contributed by atoms with Crippen LogP contribution < -0.4 is 0 Å². The molecule has 0 bridgehead atoms. The van der Waals surface area contributed by atoms with E-state index in [1.165, 1.54) is 10.1 Å². The quantitative estimate of drug-likeness (QED) is 0.645. The average Bonchev–Trinajstić information content (AvgIpc) is 2.47. The number of nitriles is 1. The van der Waals surface area contributed by atoms with Gasteiger partial charge in [0.1, 0.15) is 6.07 Å². The van der Waals surface area contributed by atoms with E-state index in [4.69, 9.17) is 5.26 Å². The Morgan fingerprint density at radius 1 is 1.46 bits per heavy atom. The Labute approximate surface area is 102 Å². The highest BCUT2D eigenvalue weighted by molar-refractivity contribution is 14.1. The fraction of sp³-hybridized carbons (Fsp3) is 0. The van der Waals surface area contributed by atoms with Crippen LogP contribution in [-0.4, -0.2) is 0 Å². The number of benzene rings is 1. The Balaban J connectivity index is 2.87. The van der Waals surface area contributed by atoms with E-state index in [1.807, 2.05) is 12.1 Å². The van der Waals surface area contributed by atoms with Crippen molar-refractivity contribution in [2.24, 2.45) is 0 Å². The zero-order valence-corrected chi connectivity index (χ0v) is 10.9. The van der Waals surface area contributed by atoms with Crippen LogP contribution in [-0.2, 0) is 0 Å². The van der Waals surface area contributed by atoms with Gasteiger partial charge >= 0.3 is 0 Å². The van der Waals surface area contributed by atoms with E-state index >= 15 is 0 Å². The maximum atomic E-state index is 8.82. The molecule has 1 aromatic carbocycles. The summed E-state index contributed by atoms with van der Waals surface area (Å²) < 4.78 is 3.34. The third-order valence-corrected chi connectivity index (χ3v) is 4.87. The first-order valence-electron chi connectivity index (χ1n) is 3.50. The fourth-order valence-electron chi connectivity index (χ4n) is 1.12. The molecule has 64 valence electrons. The maximum absolute atomic E-state index is 8.82. The van der Waals surface area contributed by atoms with E-state index < -0.39 is 0 Å². The van der Waals surface area contributed by atoms with Crippen LogP contribution in [0.2, 0.25) is 0 Å². The van der Waals surface area contributed by atoms with Gasteiger partial charge in [0.15, 0.2) is 0 Å². The Hall–Kier alpha value is -0.120. The van der Waals surface area contributed by atoms with Crippen LogP contribution in [0.25, 0.3) is 10.1 Å². The molecule has 0 fully saturated rings. The summed E-state index contributed by atoms with van der Waals surface area (Å²) in [5.41, 5.74) is 0.752. The SMILES string of the molecule is N#Cc1ccc2cc(Br)sc2c1I. The molecule has 1 aromatic heterocycles. The minimum Gasteiger partial charge on any atom is -0.192 e. The molecule has 0 aliphatic carbocycles. The second kappa shape index (κ2) is 3.56. The molecular formula is C9H3BrINS. The third kappa shape index (κ3) is 1.60. The molecule has 0 aliphatic rings. The van der Waals surface area contributed by atoms with Crippen LogP contribution in [0, 0.1) is 14.9 Å². The van der Waals surface area contributed by atoms with E-state index in [2.05, 4.69) is 50.7 Å². The highest BCUT2D eigenvalue weighted by Gasteiger charge is 2.07. The molecule has 13 heavy (non-hydrogen) atoms. The van der Waals surface area contributed by atoms with Crippen molar-refractivity contribution in [3.63, 3.8) is 0 Å². The molecule has 0 radical (unpaired) electrons. The second-order valence-corrected chi connectivity index (χ2v) is 6.02. The molecule has 0 aliphatic heterocycles. The van der Waals surface area contributed by atoms with Crippen LogP contribution >= 0.6 is 49.9 Å². The van der Waals surface area contributed by atoms with Crippen LogP contribution in [0.1, 0.15) is 5.56 Å². The molecule has 1 nitrogen and oxygen atoms in total. The van der Waals surface area contributed by atoms with E-state index in [0.717, 1.165) is 12.9 Å². The minimum atomic E-state index is 0.752. The van der Waals surface area contributed by atoms with Gasteiger partial charge in [0.05, 0.1) is 14.0 Å². The molecule has 0 unspecified atom stereocenters. The van der Waals surface area contributed by atoms with Crippen molar-refractivity contribution in [3.05, 3.63) is 31.1 Å². The lowest BCUT2D eigenvalue weighted by atomic mass is 10.2. The zero-order valence-electron chi connectivity index (χ0n) is 6.34. The molecule has 0 spiro atoms. The van der Waals surface area contributed by atoms with Gasteiger partial charge in [-0.3, -0.25) is 0 Å². The van der Waals surface area contributed by atoms with Crippen molar-refractivity contribution in [2.45, 2.75) is 0 Å². The van der Waals surface area contributed by atoms with Gasteiger partial charge in [0.25, 0.3) is 0 Å². The molecule has 0 saturated carbocycles. The Bertz CT molecular complexity index is 512. The molecule has 1 heterocycles. The topological polar surface area (TPSA) is 23.8 Å². The van der Waals surface area contributed by atoms with Gasteiger partial charge in [-0.05, 0) is 56.0 Å². The largest absolute Gasteiger partial charge is 0.192 e. The monoisotopic (exact) mass is 363 g/mol. The van der Waals surface area contributed by atoms with Crippen molar-refractivity contribution < 1.29 is 0 Å². The van der Waals surface area contributed by atoms with Crippen molar-refractivity contribution >= 4 is 59.9 Å². The van der Waals surface area contributed by atoms with E-state index in [1.54, 1.807) is 11.3 Å². The van der Waals surface area contributed by atoms with Crippen molar-refractivity contribution in [2.75, 3.05) is 0 Å². The number of hydrogen-bond acceptors (Lipinski definition) is 2. The van der Waals surface area contributed by atoms with Gasteiger partial charge < -0.3 is 0 Å². The molecule has 0 atom stereocenters. The summed E-state index contributed by atoms with van der Waals surface area (Å²) in [7, 11) is 0. The van der Waals surface area contributed by atoms with Gasteiger partial charge in [-0.15, -0.1) is 11.3 Å². The Kier molecular flexibility index (Phi) is 2.58. The Morgan fingerprint density at radius 3 is 2.92 bits per heavy atom. The summed E-state index contributed by atoms with van der Waals surface area (Å²) in [6.07, 6.45) is 0. The number of thiophene rings is 1. The van der Waals surface area contributed by atoms with Gasteiger partial charge in [-0.25, -0.2) is 0 Å². The van der Waals surface area contributed by atoms with E-state index in [-0.39, 0.29) is 0 Å². The van der Waals surface area contributed by atoms with Crippen LogP contribution in [0.3, 0.4) is 0 Å². The number of halogens is 2. The summed E-state index contributed by atoms with van der Waals surface area (Å²) in [6, 6.07) is 8.10. The van der Waals surface area contributed by atoms with Crippen LogP contribution in [0.15, 0.2) is 22.0 Å². The molecule has 2 aromatic rings. The summed E-state index contributed by atoms with van der Waals surface area (Å²) in [4.78, 5) is 0. The van der Waals surface area contributed by atoms with Crippen LogP contribution in [0.5, 0.6) is 0 Å². The maximum Gasteiger partial charge on any atom is 0.100 e. The highest BCUT2D eigenvalue weighted by atomic mass is 127. The molecule has 4 heteroatoms. The first kappa shape index (κ1) is 9.44. The molecule has 2 rings (SSSR count). The van der Waals surface area contributed by atoms with Gasteiger partial charge in [0, 0.05) is 3.57 Å². The van der Waals surface area contributed by atoms with Crippen LogP contribution in [0.4, 0.5) is 0 Å². The molecule has 0 N–H and O–H groups in total. The number of rotatable bonds is 0. The first-order chi connectivity index (χ1) is 6.22. The predicted octanol–water partition coefficient (Wildman–Crippen LogP) is 4.14. The second-order valence-electron chi connectivity index (χ2n) is 2.51. The lowest BCUT2D eigenvalue weighted by molar-refractivity contribution is 1.49. The van der Waals surface area contributed by atoms with E-state index in [0.29, 0.717) is 0 Å². The summed E-state index contributed by atoms with van der Waals surface area (Å²) in [5.74, 6) is 0. The van der Waals surface area contributed by atoms with Gasteiger partial charge in [0.2, 0.25) is 0 Å². The standard InChI is InChI=1S/C9H3BrINS/c10-7-3-5-1-2-6(4-12)8(11)9(5)13-7/h1-3H. The van der Waals surface area contributed by atoms with Crippen molar-refractivity contribution in [3.8, 4) is 6.07 Å². The smallest absolute Gasteiger partial charge is 0.100 e. The zero-order chi connectivity index (χ0) is 9.42. The summed E-state index contributed by atoms with van der Waals surface area (Å²) in [5, 5.41) is 10.0. The number of hydrogen-bond donors (Lipinski definition) is 0. The molecular weight excluding hydrogens is 361 g/mol. The number of fused-ring (bicyclic) bond motifs is 1. The molecule has 0 saturated heterocycles. The highest BCUT2D eigenvalue weighted by Crippen LogP contribution is 2.34. The first-order valence-corrected chi connectivity index (χ1v) is 6.19. The van der Waals surface area contributed by atoms with Gasteiger partial charge in [-0.1, -0.05) is 6.07 Å². The lowest BCUT2D eigenvalue weighted by Crippen LogP contribution is -1.79. The Morgan fingerprint density at radius 2 is 2.23 bits per heavy atom. The lowest BCUT2D eigenvalue weighted by Gasteiger charge is -1.95. The average molecular weight is 364 g/mol. The van der Waals surface area contributed by atoms with Crippen molar-refractivity contribution in [1.29, 1.82) is 5.26 Å². The number of nitrogens with zero attached hydrogens (tertiary/aromatic N) is 1. The molecule has 0 amide bonds.